The summed E-state index contributed by atoms with van der Waals surface area (Å²) in [4.78, 5) is 42.5. The number of aromatic nitrogens is 2. The Kier molecular flexibility index (Phi) is 11.6. The molecule has 0 radical (unpaired) electrons. The normalized spacial score (nSPS) is 13.2. The number of unbranched alkanes of at least 4 members (excludes halogenated alkanes) is 3. The first kappa shape index (κ1) is 38.3. The number of halogens is 3. The summed E-state index contributed by atoms with van der Waals surface area (Å²) in [5.74, 6) is -1.09. The minimum absolute atomic E-state index is 0.0899. The molecule has 280 valence electrons. The minimum Gasteiger partial charge on any atom is -0.569 e. The Labute approximate surface area is 301 Å². The van der Waals surface area contributed by atoms with E-state index < -0.39 is 46.5 Å². The zero-order valence-electron chi connectivity index (χ0n) is 28.4. The van der Waals surface area contributed by atoms with Gasteiger partial charge in [-0.25, -0.2) is 27.5 Å². The standard InChI is InChI=1S/C34H34F3N7O8S/c1-23-11-13-24(14-12-23)29-21-30(34(35,36)37)38-43(29)25-15-17-26(18-16-25)53(49,50)39-33(47)51-20-8-4-3-7-19-41(2)44(48)40-52-22-42-31(45)27-9-5-6-10-28(27)32(42)46/h5-6,9-18,21H,3-4,7-8,19-20,22H2,1-2H3,(H,39,47)/b44-40-. The number of nitrogens with zero attached hydrogens (tertiary/aromatic N) is 6. The van der Waals surface area contributed by atoms with E-state index in [0.717, 1.165) is 33.3 Å². The van der Waals surface area contributed by atoms with Crippen LogP contribution in [0.4, 0.5) is 18.0 Å². The van der Waals surface area contributed by atoms with Crippen LogP contribution in [-0.4, -0.2) is 77.9 Å². The highest BCUT2D eigenvalue weighted by molar-refractivity contribution is 7.90. The summed E-state index contributed by atoms with van der Waals surface area (Å²) >= 11 is 0. The van der Waals surface area contributed by atoms with Gasteiger partial charge >= 0.3 is 12.3 Å². The molecule has 0 spiro atoms. The highest BCUT2D eigenvalue weighted by Crippen LogP contribution is 2.33. The Hall–Kier alpha value is -5.98. The molecule has 3 aromatic carbocycles. The minimum atomic E-state index is -4.71. The van der Waals surface area contributed by atoms with E-state index in [1.807, 2.05) is 6.92 Å². The summed E-state index contributed by atoms with van der Waals surface area (Å²) in [6.45, 7) is 1.49. The number of nitrogens with one attached hydrogen (secondary N) is 1. The maximum absolute atomic E-state index is 13.5. The van der Waals surface area contributed by atoms with Crippen LogP contribution in [0.25, 0.3) is 16.9 Å². The van der Waals surface area contributed by atoms with E-state index in [-0.39, 0.29) is 45.5 Å². The van der Waals surface area contributed by atoms with Gasteiger partial charge in [0.1, 0.15) is 0 Å². The average molecular weight is 758 g/mol. The number of imide groups is 1. The van der Waals surface area contributed by atoms with Crippen LogP contribution in [0.5, 0.6) is 0 Å². The van der Waals surface area contributed by atoms with E-state index in [1.165, 1.54) is 36.3 Å². The summed E-state index contributed by atoms with van der Waals surface area (Å²) in [6, 6.07) is 18.8. The van der Waals surface area contributed by atoms with Gasteiger partial charge in [-0.05, 0) is 68.7 Å². The Bertz CT molecular complexity index is 2070. The van der Waals surface area contributed by atoms with Crippen molar-refractivity contribution in [2.24, 2.45) is 5.28 Å². The summed E-state index contributed by atoms with van der Waals surface area (Å²) in [7, 11) is -2.91. The number of aryl methyl sites for hydroxylation is 1. The molecule has 1 N–H and O–H groups in total. The number of ether oxygens (including phenoxy) is 1. The Morgan fingerprint density at radius 2 is 1.58 bits per heavy atom. The lowest BCUT2D eigenvalue weighted by atomic mass is 10.1. The second kappa shape index (κ2) is 16.1. The van der Waals surface area contributed by atoms with Crippen molar-refractivity contribution in [3.63, 3.8) is 0 Å². The van der Waals surface area contributed by atoms with Crippen molar-refractivity contribution in [1.82, 2.24) is 24.4 Å². The quantitative estimate of drug-likeness (QED) is 0.0510. The average Bonchev–Trinajstić information content (AvgIpc) is 3.68. The molecular weight excluding hydrogens is 723 g/mol. The van der Waals surface area contributed by atoms with Crippen molar-refractivity contribution in [2.75, 3.05) is 26.9 Å². The molecule has 53 heavy (non-hydrogen) atoms. The largest absolute Gasteiger partial charge is 0.569 e. The van der Waals surface area contributed by atoms with Gasteiger partial charge in [0.2, 0.25) is 12.0 Å². The molecule has 4 aromatic rings. The number of carbonyl (C=O) groups is 3. The lowest BCUT2D eigenvalue weighted by Crippen LogP contribution is -2.32. The van der Waals surface area contributed by atoms with Gasteiger partial charge < -0.3 is 14.8 Å². The van der Waals surface area contributed by atoms with Crippen molar-refractivity contribution < 1.29 is 50.5 Å². The number of alkyl halides is 3. The second-order valence-electron chi connectivity index (χ2n) is 11.9. The first-order valence-electron chi connectivity index (χ1n) is 16.2. The van der Waals surface area contributed by atoms with Gasteiger partial charge in [0.15, 0.2) is 5.69 Å². The predicted octanol–water partition coefficient (Wildman–Crippen LogP) is 5.84. The van der Waals surface area contributed by atoms with Gasteiger partial charge in [0.25, 0.3) is 21.8 Å². The number of hydrogen-bond donors (Lipinski definition) is 1. The number of hydrogen-bond acceptors (Lipinski definition) is 10. The first-order chi connectivity index (χ1) is 25.2. The predicted molar refractivity (Wildman–Crippen MR) is 180 cm³/mol. The van der Waals surface area contributed by atoms with Crippen LogP contribution >= 0.6 is 0 Å². The number of sulfonamides is 1. The number of rotatable bonds is 15. The van der Waals surface area contributed by atoms with Gasteiger partial charge in [-0.1, -0.05) is 48.4 Å². The van der Waals surface area contributed by atoms with Gasteiger partial charge in [0, 0.05) is 5.56 Å². The third-order valence-electron chi connectivity index (χ3n) is 8.05. The van der Waals surface area contributed by atoms with E-state index in [1.54, 1.807) is 41.1 Å². The topological polar surface area (TPSA) is 179 Å². The molecular formula is C34H34F3N7O8S. The van der Waals surface area contributed by atoms with Gasteiger partial charge in [-0.2, -0.15) is 18.3 Å². The zero-order chi connectivity index (χ0) is 38.3. The van der Waals surface area contributed by atoms with Crippen LogP contribution in [-0.2, 0) is 25.8 Å². The molecule has 5 rings (SSSR count). The third-order valence-corrected chi connectivity index (χ3v) is 9.38. The molecule has 0 aliphatic carbocycles. The number of hydrazine groups is 1. The molecule has 1 aliphatic rings. The molecule has 3 amide bonds. The second-order valence-corrected chi connectivity index (χ2v) is 13.6. The van der Waals surface area contributed by atoms with Gasteiger partial charge in [-0.3, -0.25) is 9.59 Å². The van der Waals surface area contributed by atoms with E-state index in [2.05, 4.69) is 10.4 Å². The highest BCUT2D eigenvalue weighted by Gasteiger charge is 2.36. The van der Waals surface area contributed by atoms with Gasteiger partial charge in [0.05, 0.1) is 52.6 Å². The van der Waals surface area contributed by atoms with Crippen LogP contribution in [0.3, 0.4) is 0 Å². The number of amides is 3. The Morgan fingerprint density at radius 3 is 2.21 bits per heavy atom. The smallest absolute Gasteiger partial charge is 0.435 e. The molecule has 15 nitrogen and oxygen atoms in total. The van der Waals surface area contributed by atoms with Crippen molar-refractivity contribution in [1.29, 1.82) is 0 Å². The lowest BCUT2D eigenvalue weighted by Gasteiger charge is -2.14. The van der Waals surface area contributed by atoms with E-state index in [4.69, 9.17) is 9.57 Å². The molecule has 0 saturated heterocycles. The van der Waals surface area contributed by atoms with Crippen LogP contribution in [0, 0.1) is 12.1 Å². The summed E-state index contributed by atoms with van der Waals surface area (Å²) in [5.41, 5.74) is 1.06. The first-order valence-corrected chi connectivity index (χ1v) is 17.6. The van der Waals surface area contributed by atoms with Crippen molar-refractivity contribution >= 4 is 27.9 Å². The zero-order valence-corrected chi connectivity index (χ0v) is 29.3. The maximum atomic E-state index is 13.5. The van der Waals surface area contributed by atoms with Crippen molar-refractivity contribution in [3.05, 3.63) is 106 Å². The van der Waals surface area contributed by atoms with Crippen molar-refractivity contribution in [3.8, 4) is 16.9 Å². The fraction of sp³-hybridized carbons (Fsp3) is 0.294. The lowest BCUT2D eigenvalue weighted by molar-refractivity contribution is -0.705. The number of carbonyl (C=O) groups excluding carboxylic acids is 3. The molecule has 0 unspecified atom stereocenters. The fourth-order valence-electron chi connectivity index (χ4n) is 5.21. The number of fused-ring (bicyclic) bond motifs is 1. The van der Waals surface area contributed by atoms with E-state index >= 15 is 0 Å². The van der Waals surface area contributed by atoms with E-state index in [0.29, 0.717) is 31.2 Å². The molecule has 0 atom stereocenters. The molecule has 19 heteroatoms. The highest BCUT2D eigenvalue weighted by atomic mass is 32.2. The summed E-state index contributed by atoms with van der Waals surface area (Å²) in [6.07, 6.45) is -3.77. The molecule has 0 bridgehead atoms. The molecule has 0 fully saturated rings. The SMILES string of the molecule is Cc1ccc(-c2cc(C(F)(F)F)nn2-c2ccc(S(=O)(=O)NC(=O)OCCCCCCN(C)/[N+]([O-])=N/OCN3C(=O)c4ccccc4C3=O)cc2)cc1. The van der Waals surface area contributed by atoms with Gasteiger partial charge in [-0.15, -0.1) is 5.01 Å². The Morgan fingerprint density at radius 1 is 0.962 bits per heavy atom. The maximum Gasteiger partial charge on any atom is 0.435 e. The molecule has 0 saturated carbocycles. The molecule has 1 aromatic heterocycles. The molecule has 2 heterocycles. The number of benzene rings is 3. The van der Waals surface area contributed by atoms with Crippen LogP contribution in [0.15, 0.2) is 89.0 Å². The Balaban J connectivity index is 1.02. The van der Waals surface area contributed by atoms with E-state index in [9.17, 15) is 41.2 Å². The third kappa shape index (κ3) is 9.28. The fourth-order valence-corrected chi connectivity index (χ4v) is 6.10. The summed E-state index contributed by atoms with van der Waals surface area (Å²) in [5, 5.41) is 20.4. The molecule has 1 aliphatic heterocycles. The van der Waals surface area contributed by atoms with Crippen LogP contribution in [0.1, 0.15) is 57.7 Å². The van der Waals surface area contributed by atoms with Crippen LogP contribution in [0.2, 0.25) is 0 Å². The monoisotopic (exact) mass is 757 g/mol. The van der Waals surface area contributed by atoms with Crippen molar-refractivity contribution in [2.45, 2.75) is 43.7 Å². The summed E-state index contributed by atoms with van der Waals surface area (Å²) < 4.78 is 74.0. The van der Waals surface area contributed by atoms with Crippen LogP contribution < -0.4 is 4.72 Å².